The van der Waals surface area contributed by atoms with Gasteiger partial charge in [0.15, 0.2) is 0 Å². The summed E-state index contributed by atoms with van der Waals surface area (Å²) >= 11 is 2.05. The van der Waals surface area contributed by atoms with E-state index in [0.29, 0.717) is 0 Å². The van der Waals surface area contributed by atoms with E-state index in [4.69, 9.17) is 4.74 Å². The smallest absolute Gasteiger partial charge is 0.0590 e. The van der Waals surface area contributed by atoms with Crippen LogP contribution in [0.2, 0.25) is 0 Å². The molecule has 0 aliphatic carbocycles. The Balaban J connectivity index is 3.04. The average molecular weight is 247 g/mol. The SMILES string of the molecule is CCCCOCCNCCSC(C)C(C)C. The van der Waals surface area contributed by atoms with Crippen LogP contribution in [-0.2, 0) is 4.74 Å². The summed E-state index contributed by atoms with van der Waals surface area (Å²) in [5.41, 5.74) is 0. The second-order valence-electron chi connectivity index (χ2n) is 4.54. The van der Waals surface area contributed by atoms with Gasteiger partial charge in [0.25, 0.3) is 0 Å². The Morgan fingerprint density at radius 3 is 2.50 bits per heavy atom. The quantitative estimate of drug-likeness (QED) is 0.567. The molecule has 2 nitrogen and oxygen atoms in total. The summed E-state index contributed by atoms with van der Waals surface area (Å²) in [5.74, 6) is 1.98. The van der Waals surface area contributed by atoms with Crippen molar-refractivity contribution in [3.05, 3.63) is 0 Å². The summed E-state index contributed by atoms with van der Waals surface area (Å²) in [6.45, 7) is 12.9. The maximum atomic E-state index is 5.47. The average Bonchev–Trinajstić information content (AvgIpc) is 2.26. The molecule has 1 atom stereocenters. The van der Waals surface area contributed by atoms with E-state index in [0.717, 1.165) is 37.5 Å². The number of unbranched alkanes of at least 4 members (excludes halogenated alkanes) is 1. The van der Waals surface area contributed by atoms with Gasteiger partial charge < -0.3 is 10.1 Å². The van der Waals surface area contributed by atoms with E-state index in [1.54, 1.807) is 0 Å². The van der Waals surface area contributed by atoms with Crippen LogP contribution < -0.4 is 5.32 Å². The first-order valence-corrected chi connectivity index (χ1v) is 7.63. The Bertz CT molecular complexity index is 142. The van der Waals surface area contributed by atoms with Crippen molar-refractivity contribution in [2.45, 2.75) is 45.8 Å². The molecule has 16 heavy (non-hydrogen) atoms. The summed E-state index contributed by atoms with van der Waals surface area (Å²) in [6.07, 6.45) is 2.40. The monoisotopic (exact) mass is 247 g/mol. The minimum atomic E-state index is 0.766. The zero-order chi connectivity index (χ0) is 12.2. The number of thioether (sulfide) groups is 1. The van der Waals surface area contributed by atoms with E-state index >= 15 is 0 Å². The van der Waals surface area contributed by atoms with Gasteiger partial charge >= 0.3 is 0 Å². The molecule has 1 unspecified atom stereocenters. The van der Waals surface area contributed by atoms with Gasteiger partial charge in [0.05, 0.1) is 6.61 Å². The van der Waals surface area contributed by atoms with Gasteiger partial charge in [0.1, 0.15) is 0 Å². The van der Waals surface area contributed by atoms with Crippen LogP contribution in [0.25, 0.3) is 0 Å². The summed E-state index contributed by atoms with van der Waals surface area (Å²) in [5, 5.41) is 4.18. The molecule has 0 heterocycles. The van der Waals surface area contributed by atoms with E-state index in [1.165, 1.54) is 18.6 Å². The maximum absolute atomic E-state index is 5.47. The molecule has 0 saturated heterocycles. The fourth-order valence-corrected chi connectivity index (χ4v) is 2.15. The number of rotatable bonds is 11. The summed E-state index contributed by atoms with van der Waals surface area (Å²) in [7, 11) is 0. The highest BCUT2D eigenvalue weighted by Crippen LogP contribution is 2.17. The van der Waals surface area contributed by atoms with E-state index < -0.39 is 0 Å². The first-order chi connectivity index (χ1) is 7.68. The molecular formula is C13H29NOS. The highest BCUT2D eigenvalue weighted by molar-refractivity contribution is 7.99. The van der Waals surface area contributed by atoms with Crippen LogP contribution in [0.4, 0.5) is 0 Å². The molecule has 0 aliphatic heterocycles. The van der Waals surface area contributed by atoms with Crippen molar-refractivity contribution in [1.82, 2.24) is 5.32 Å². The molecule has 0 amide bonds. The molecule has 0 bridgehead atoms. The second-order valence-corrected chi connectivity index (χ2v) is 6.02. The molecule has 0 aromatic heterocycles. The van der Waals surface area contributed by atoms with Gasteiger partial charge in [-0.3, -0.25) is 0 Å². The fourth-order valence-electron chi connectivity index (χ4n) is 1.13. The lowest BCUT2D eigenvalue weighted by Gasteiger charge is -2.14. The van der Waals surface area contributed by atoms with E-state index in [1.807, 2.05) is 0 Å². The largest absolute Gasteiger partial charge is 0.380 e. The molecular weight excluding hydrogens is 218 g/mol. The zero-order valence-electron chi connectivity index (χ0n) is 11.4. The predicted molar refractivity (Wildman–Crippen MR) is 75.4 cm³/mol. The Hall–Kier alpha value is 0.270. The highest BCUT2D eigenvalue weighted by Gasteiger charge is 2.05. The van der Waals surface area contributed by atoms with Gasteiger partial charge in [-0.1, -0.05) is 34.1 Å². The van der Waals surface area contributed by atoms with E-state index in [-0.39, 0.29) is 0 Å². The van der Waals surface area contributed by atoms with Crippen LogP contribution in [-0.4, -0.2) is 37.3 Å². The fraction of sp³-hybridized carbons (Fsp3) is 1.00. The van der Waals surface area contributed by atoms with Gasteiger partial charge in [-0.25, -0.2) is 0 Å². The number of ether oxygens (including phenoxy) is 1. The lowest BCUT2D eigenvalue weighted by atomic mass is 10.2. The van der Waals surface area contributed by atoms with Crippen molar-refractivity contribution < 1.29 is 4.74 Å². The summed E-state index contributed by atoms with van der Waals surface area (Å²) in [4.78, 5) is 0. The summed E-state index contributed by atoms with van der Waals surface area (Å²) < 4.78 is 5.47. The first-order valence-electron chi connectivity index (χ1n) is 6.58. The molecule has 0 aliphatic rings. The molecule has 0 rings (SSSR count). The molecule has 0 saturated carbocycles. The molecule has 0 aromatic rings. The van der Waals surface area contributed by atoms with Crippen molar-refractivity contribution in [3.63, 3.8) is 0 Å². The van der Waals surface area contributed by atoms with Crippen LogP contribution >= 0.6 is 11.8 Å². The molecule has 0 radical (unpaired) electrons. The summed E-state index contributed by atoms with van der Waals surface area (Å²) in [6, 6.07) is 0. The lowest BCUT2D eigenvalue weighted by Crippen LogP contribution is -2.23. The van der Waals surface area contributed by atoms with Crippen LogP contribution in [0, 0.1) is 5.92 Å². The van der Waals surface area contributed by atoms with Crippen molar-refractivity contribution in [2.75, 3.05) is 32.1 Å². The molecule has 0 spiro atoms. The maximum Gasteiger partial charge on any atom is 0.0590 e. The van der Waals surface area contributed by atoms with E-state index in [2.05, 4.69) is 44.8 Å². The molecule has 3 heteroatoms. The lowest BCUT2D eigenvalue weighted by molar-refractivity contribution is 0.133. The molecule has 98 valence electrons. The van der Waals surface area contributed by atoms with E-state index in [9.17, 15) is 0 Å². The topological polar surface area (TPSA) is 21.3 Å². The molecule has 0 aromatic carbocycles. The first kappa shape index (κ1) is 16.3. The number of nitrogens with one attached hydrogen (secondary N) is 1. The van der Waals surface area contributed by atoms with Gasteiger partial charge in [0.2, 0.25) is 0 Å². The Morgan fingerprint density at radius 1 is 1.12 bits per heavy atom. The molecule has 0 fully saturated rings. The van der Waals surface area contributed by atoms with Gasteiger partial charge in [-0.05, 0) is 12.3 Å². The van der Waals surface area contributed by atoms with Gasteiger partial charge in [-0.2, -0.15) is 11.8 Å². The highest BCUT2D eigenvalue weighted by atomic mass is 32.2. The van der Waals surface area contributed by atoms with Gasteiger partial charge in [0, 0.05) is 30.7 Å². The normalized spacial score (nSPS) is 13.3. The van der Waals surface area contributed by atoms with Crippen molar-refractivity contribution in [2.24, 2.45) is 5.92 Å². The number of hydrogen-bond donors (Lipinski definition) is 1. The number of hydrogen-bond acceptors (Lipinski definition) is 3. The van der Waals surface area contributed by atoms with Crippen molar-refractivity contribution in [3.8, 4) is 0 Å². The third-order valence-corrected chi connectivity index (χ3v) is 4.17. The predicted octanol–water partition coefficient (Wildman–Crippen LogP) is 3.17. The minimum absolute atomic E-state index is 0.766. The van der Waals surface area contributed by atoms with Crippen LogP contribution in [0.15, 0.2) is 0 Å². The van der Waals surface area contributed by atoms with Crippen molar-refractivity contribution in [1.29, 1.82) is 0 Å². The Kier molecular flexibility index (Phi) is 11.9. The van der Waals surface area contributed by atoms with Gasteiger partial charge in [-0.15, -0.1) is 0 Å². The van der Waals surface area contributed by atoms with Crippen LogP contribution in [0.1, 0.15) is 40.5 Å². The zero-order valence-corrected chi connectivity index (χ0v) is 12.2. The minimum Gasteiger partial charge on any atom is -0.380 e. The van der Waals surface area contributed by atoms with Crippen LogP contribution in [0.3, 0.4) is 0 Å². The standard InChI is InChI=1S/C13H29NOS/c1-5-6-9-15-10-7-14-8-11-16-13(4)12(2)3/h12-14H,5-11H2,1-4H3. The molecule has 1 N–H and O–H groups in total. The van der Waals surface area contributed by atoms with Crippen LogP contribution in [0.5, 0.6) is 0 Å². The third kappa shape index (κ3) is 10.8. The third-order valence-electron chi connectivity index (χ3n) is 2.66. The second kappa shape index (κ2) is 11.7. The Morgan fingerprint density at radius 2 is 1.88 bits per heavy atom. The van der Waals surface area contributed by atoms with Crippen molar-refractivity contribution >= 4 is 11.8 Å². The Labute approximate surface area is 106 Å².